The number of hydrogen-bond acceptors (Lipinski definition) is 6. The Morgan fingerprint density at radius 3 is 2.34 bits per heavy atom. The number of aromatic nitrogens is 5. The van der Waals surface area contributed by atoms with E-state index in [1.807, 2.05) is 60.7 Å². The minimum atomic E-state index is -0.366. The molecule has 38 heavy (non-hydrogen) atoms. The number of para-hydroxylation sites is 1. The van der Waals surface area contributed by atoms with Gasteiger partial charge in [-0.3, -0.25) is 18.6 Å². The molecule has 0 spiro atoms. The van der Waals surface area contributed by atoms with Crippen LogP contribution in [-0.2, 0) is 26.2 Å². The monoisotopic (exact) mass is 511 g/mol. The molecule has 0 aliphatic carbocycles. The molecule has 0 bridgehead atoms. The standard InChI is InChI=1S/C29H29N5O4/c1-37-24-14-12-22(13-15-24)18-34-28(35)25-10-7-11-26(38-19-23-8-3-2-4-9-23)27(25)33(29(34)36)17-6-5-16-32-21-30-20-31-32/h2-4,7-15,20-21H,5-6,16-19H2,1H3. The largest absolute Gasteiger partial charge is 0.497 e. The molecule has 0 aliphatic heterocycles. The number of nitrogens with zero attached hydrogens (tertiary/aromatic N) is 5. The Kier molecular flexibility index (Phi) is 7.63. The number of unbranched alkanes of at least 4 members (excludes halogenated alkanes) is 1. The van der Waals surface area contributed by atoms with Crippen molar-refractivity contribution in [3.8, 4) is 11.5 Å². The van der Waals surface area contributed by atoms with Crippen LogP contribution >= 0.6 is 0 Å². The van der Waals surface area contributed by atoms with E-state index in [-0.39, 0.29) is 17.8 Å². The zero-order valence-electron chi connectivity index (χ0n) is 21.2. The zero-order valence-corrected chi connectivity index (χ0v) is 21.2. The summed E-state index contributed by atoms with van der Waals surface area (Å²) >= 11 is 0. The fourth-order valence-corrected chi connectivity index (χ4v) is 4.45. The van der Waals surface area contributed by atoms with Crippen LogP contribution in [0, 0.1) is 0 Å². The van der Waals surface area contributed by atoms with E-state index in [2.05, 4.69) is 10.1 Å². The maximum absolute atomic E-state index is 13.8. The molecule has 5 rings (SSSR count). The van der Waals surface area contributed by atoms with Gasteiger partial charge in [-0.15, -0.1) is 0 Å². The summed E-state index contributed by atoms with van der Waals surface area (Å²) in [5, 5.41) is 4.59. The average molecular weight is 512 g/mol. The maximum atomic E-state index is 13.8. The molecule has 0 unspecified atom stereocenters. The summed E-state index contributed by atoms with van der Waals surface area (Å²) in [7, 11) is 1.60. The summed E-state index contributed by atoms with van der Waals surface area (Å²) in [6.07, 6.45) is 4.68. The predicted octanol–water partition coefficient (Wildman–Crippen LogP) is 3.87. The summed E-state index contributed by atoms with van der Waals surface area (Å²) in [5.74, 6) is 1.22. The van der Waals surface area contributed by atoms with Crippen molar-refractivity contribution >= 4 is 10.9 Å². The van der Waals surface area contributed by atoms with Crippen LogP contribution in [0.5, 0.6) is 11.5 Å². The summed E-state index contributed by atoms with van der Waals surface area (Å²) in [6.45, 7) is 1.61. The van der Waals surface area contributed by atoms with Crippen molar-refractivity contribution in [2.75, 3.05) is 7.11 Å². The van der Waals surface area contributed by atoms with Crippen molar-refractivity contribution in [2.24, 2.45) is 0 Å². The molecule has 0 saturated heterocycles. The van der Waals surface area contributed by atoms with Gasteiger partial charge < -0.3 is 9.47 Å². The van der Waals surface area contributed by atoms with Crippen molar-refractivity contribution in [1.82, 2.24) is 23.9 Å². The number of fused-ring (bicyclic) bond motifs is 1. The fraction of sp³-hybridized carbons (Fsp3) is 0.241. The second kappa shape index (κ2) is 11.6. The molecular formula is C29H29N5O4. The van der Waals surface area contributed by atoms with Gasteiger partial charge in [0, 0.05) is 13.1 Å². The number of hydrogen-bond donors (Lipinski definition) is 0. The van der Waals surface area contributed by atoms with Crippen LogP contribution in [-0.4, -0.2) is 31.0 Å². The van der Waals surface area contributed by atoms with Crippen LogP contribution in [0.25, 0.3) is 10.9 Å². The number of rotatable bonds is 11. The highest BCUT2D eigenvalue weighted by Crippen LogP contribution is 2.24. The summed E-state index contributed by atoms with van der Waals surface area (Å²) in [4.78, 5) is 31.4. The molecule has 0 saturated carbocycles. The van der Waals surface area contributed by atoms with Crippen LogP contribution in [0.4, 0.5) is 0 Å². The number of methoxy groups -OCH3 is 1. The zero-order chi connectivity index (χ0) is 26.3. The minimum Gasteiger partial charge on any atom is -0.497 e. The van der Waals surface area contributed by atoms with Crippen molar-refractivity contribution in [3.63, 3.8) is 0 Å². The SMILES string of the molecule is COc1ccc(Cn2c(=O)c3cccc(OCc4ccccc4)c3n(CCCCn3cncn3)c2=O)cc1. The highest BCUT2D eigenvalue weighted by atomic mass is 16.5. The summed E-state index contributed by atoms with van der Waals surface area (Å²) < 4.78 is 16.1. The van der Waals surface area contributed by atoms with E-state index >= 15 is 0 Å². The van der Waals surface area contributed by atoms with Crippen LogP contribution in [0.3, 0.4) is 0 Å². The predicted molar refractivity (Wildman–Crippen MR) is 145 cm³/mol. The lowest BCUT2D eigenvalue weighted by molar-refractivity contribution is 0.308. The first-order chi connectivity index (χ1) is 18.6. The quantitative estimate of drug-likeness (QED) is 0.250. The maximum Gasteiger partial charge on any atom is 0.331 e. The Bertz CT molecular complexity index is 1610. The molecule has 0 atom stereocenters. The Hall–Kier alpha value is -4.66. The van der Waals surface area contributed by atoms with Gasteiger partial charge in [-0.1, -0.05) is 48.5 Å². The van der Waals surface area contributed by atoms with Gasteiger partial charge >= 0.3 is 5.69 Å². The molecule has 3 aromatic carbocycles. The highest BCUT2D eigenvalue weighted by Gasteiger charge is 2.17. The molecule has 2 heterocycles. The van der Waals surface area contributed by atoms with E-state index < -0.39 is 0 Å². The second-order valence-electron chi connectivity index (χ2n) is 8.97. The first-order valence-electron chi connectivity index (χ1n) is 12.5. The van der Waals surface area contributed by atoms with E-state index in [0.717, 1.165) is 17.5 Å². The Morgan fingerprint density at radius 2 is 1.61 bits per heavy atom. The molecular weight excluding hydrogens is 482 g/mol. The van der Waals surface area contributed by atoms with Crippen LogP contribution in [0.15, 0.2) is 95.0 Å². The molecule has 9 nitrogen and oxygen atoms in total. The average Bonchev–Trinajstić information content (AvgIpc) is 3.48. The van der Waals surface area contributed by atoms with Crippen LogP contribution in [0.1, 0.15) is 24.0 Å². The third-order valence-electron chi connectivity index (χ3n) is 6.43. The van der Waals surface area contributed by atoms with Crippen molar-refractivity contribution in [3.05, 3.63) is 117 Å². The van der Waals surface area contributed by atoms with Gasteiger partial charge in [0.2, 0.25) is 0 Å². The van der Waals surface area contributed by atoms with E-state index in [9.17, 15) is 9.59 Å². The first-order valence-corrected chi connectivity index (χ1v) is 12.5. The molecule has 0 amide bonds. The second-order valence-corrected chi connectivity index (χ2v) is 8.97. The van der Waals surface area contributed by atoms with Crippen LogP contribution in [0.2, 0.25) is 0 Å². The van der Waals surface area contributed by atoms with Gasteiger partial charge in [0.05, 0.1) is 19.0 Å². The van der Waals surface area contributed by atoms with Gasteiger partial charge in [-0.25, -0.2) is 9.78 Å². The Morgan fingerprint density at radius 1 is 0.816 bits per heavy atom. The lowest BCUT2D eigenvalue weighted by Crippen LogP contribution is -2.40. The third kappa shape index (κ3) is 5.51. The van der Waals surface area contributed by atoms with Gasteiger partial charge in [-0.05, 0) is 48.2 Å². The van der Waals surface area contributed by atoms with Gasteiger partial charge in [0.15, 0.2) is 0 Å². The first kappa shape index (κ1) is 25.0. The van der Waals surface area contributed by atoms with E-state index in [1.54, 1.807) is 34.8 Å². The van der Waals surface area contributed by atoms with Gasteiger partial charge in [0.1, 0.15) is 36.3 Å². The minimum absolute atomic E-state index is 0.158. The molecule has 0 N–H and O–H groups in total. The molecule has 0 fully saturated rings. The van der Waals surface area contributed by atoms with E-state index in [0.29, 0.717) is 48.5 Å². The summed E-state index contributed by atoms with van der Waals surface area (Å²) in [5.41, 5.74) is 1.64. The molecule has 2 aromatic heterocycles. The van der Waals surface area contributed by atoms with E-state index in [1.165, 1.54) is 10.9 Å². The van der Waals surface area contributed by atoms with Gasteiger partial charge in [0.25, 0.3) is 5.56 Å². The number of ether oxygens (including phenoxy) is 2. The lowest BCUT2D eigenvalue weighted by atomic mass is 10.2. The van der Waals surface area contributed by atoms with E-state index in [4.69, 9.17) is 9.47 Å². The smallest absolute Gasteiger partial charge is 0.331 e. The van der Waals surface area contributed by atoms with Crippen molar-refractivity contribution in [2.45, 2.75) is 39.1 Å². The molecule has 9 heteroatoms. The fourth-order valence-electron chi connectivity index (χ4n) is 4.45. The van der Waals surface area contributed by atoms with Crippen molar-refractivity contribution in [1.29, 1.82) is 0 Å². The third-order valence-corrected chi connectivity index (χ3v) is 6.43. The van der Waals surface area contributed by atoms with Gasteiger partial charge in [-0.2, -0.15) is 5.10 Å². The lowest BCUT2D eigenvalue weighted by Gasteiger charge is -2.17. The number of aryl methyl sites for hydroxylation is 2. The Labute approximate surface area is 219 Å². The molecule has 0 aliphatic rings. The highest BCUT2D eigenvalue weighted by molar-refractivity contribution is 5.84. The number of benzene rings is 3. The summed E-state index contributed by atoms with van der Waals surface area (Å²) in [6, 6.07) is 22.5. The van der Waals surface area contributed by atoms with Crippen LogP contribution < -0.4 is 20.7 Å². The normalized spacial score (nSPS) is 11.1. The van der Waals surface area contributed by atoms with Crippen molar-refractivity contribution < 1.29 is 9.47 Å². The molecule has 5 aromatic rings. The molecule has 194 valence electrons. The topological polar surface area (TPSA) is 93.2 Å². The Balaban J connectivity index is 1.52. The molecule has 0 radical (unpaired) electrons.